The van der Waals surface area contributed by atoms with Crippen LogP contribution in [0.4, 0.5) is 0 Å². The molecule has 6 nitrogen and oxygen atoms in total. The molecule has 9 heteroatoms. The Balaban J connectivity index is 1.84. The summed E-state index contributed by atoms with van der Waals surface area (Å²) >= 11 is 12.4. The van der Waals surface area contributed by atoms with Gasteiger partial charge in [-0.15, -0.1) is 5.10 Å². The molecule has 0 aliphatic carbocycles. The van der Waals surface area contributed by atoms with E-state index < -0.39 is 9.84 Å². The van der Waals surface area contributed by atoms with Crippen molar-refractivity contribution >= 4 is 33.7 Å². The molecule has 0 bridgehead atoms. The second-order valence-corrected chi connectivity index (χ2v) is 11.3. The first kappa shape index (κ1) is 23.2. The molecule has 2 heterocycles. The van der Waals surface area contributed by atoms with E-state index in [1.165, 1.54) is 0 Å². The van der Waals surface area contributed by atoms with Crippen LogP contribution < -0.4 is 0 Å². The monoisotopic (exact) mass is 490 g/mol. The van der Waals surface area contributed by atoms with Crippen molar-refractivity contribution in [3.05, 3.63) is 63.4 Å². The summed E-state index contributed by atoms with van der Waals surface area (Å²) in [6.07, 6.45) is 0.637. The van der Waals surface area contributed by atoms with Gasteiger partial charge in [0.15, 0.2) is 15.7 Å². The molecule has 1 atom stereocenters. The van der Waals surface area contributed by atoms with Crippen LogP contribution in [0.2, 0.25) is 5.02 Å². The first-order valence-corrected chi connectivity index (χ1v) is 13.3. The largest absolute Gasteiger partial charge is 0.281 e. The van der Waals surface area contributed by atoms with Crippen LogP contribution in [0.15, 0.2) is 42.5 Å². The Kier molecular flexibility index (Phi) is 6.58. The topological polar surface area (TPSA) is 60.1 Å². The molecule has 1 aliphatic heterocycles. The molecule has 0 radical (unpaired) electrons. The SMILES string of the molecule is CCN(Cn1nc(-c2ccccc2Cl)n(-c2cc(C)ccc2C)c1=S)[C@@H]1CCS(=O)(=O)C1. The van der Waals surface area contributed by atoms with Gasteiger partial charge in [0.1, 0.15) is 0 Å². The van der Waals surface area contributed by atoms with Crippen LogP contribution in [0, 0.1) is 18.6 Å². The van der Waals surface area contributed by atoms with Crippen LogP contribution in [0.25, 0.3) is 17.1 Å². The molecule has 170 valence electrons. The standard InChI is InChI=1S/C23H27ClN4O2S2/c1-4-26(18-11-12-32(29,30)14-18)15-27-23(31)28(21-13-16(2)9-10-17(21)3)22(25-27)19-7-5-6-8-20(19)24/h5-10,13,18H,4,11-12,14-15H2,1-3H3/t18-/m1/s1. The van der Waals surface area contributed by atoms with Gasteiger partial charge >= 0.3 is 0 Å². The van der Waals surface area contributed by atoms with Gasteiger partial charge in [-0.2, -0.15) is 0 Å². The molecule has 3 aromatic rings. The van der Waals surface area contributed by atoms with E-state index in [1.54, 1.807) is 4.68 Å². The fraction of sp³-hybridized carbons (Fsp3) is 0.391. The number of hydrogen-bond donors (Lipinski definition) is 0. The van der Waals surface area contributed by atoms with E-state index in [2.05, 4.69) is 23.1 Å². The fourth-order valence-corrected chi connectivity index (χ4v) is 6.47. The van der Waals surface area contributed by atoms with Gasteiger partial charge in [0, 0.05) is 11.6 Å². The number of halogens is 1. The number of benzene rings is 2. The van der Waals surface area contributed by atoms with Crippen molar-refractivity contribution in [2.75, 3.05) is 18.1 Å². The van der Waals surface area contributed by atoms with Crippen molar-refractivity contribution in [3.8, 4) is 17.1 Å². The lowest BCUT2D eigenvalue weighted by Gasteiger charge is -2.26. The highest BCUT2D eigenvalue weighted by Crippen LogP contribution is 2.30. The molecule has 1 saturated heterocycles. The Labute approximate surface area is 199 Å². The smallest absolute Gasteiger partial charge is 0.204 e. The Morgan fingerprint density at radius 3 is 2.62 bits per heavy atom. The zero-order valence-electron chi connectivity index (χ0n) is 18.5. The van der Waals surface area contributed by atoms with Gasteiger partial charge in [0.2, 0.25) is 4.77 Å². The third-order valence-electron chi connectivity index (χ3n) is 6.01. The molecule has 1 fully saturated rings. The maximum absolute atomic E-state index is 12.0. The number of aryl methyl sites for hydroxylation is 2. The minimum Gasteiger partial charge on any atom is -0.281 e. The molecule has 2 aromatic carbocycles. The number of sulfone groups is 1. The molecule has 1 aliphatic rings. The van der Waals surface area contributed by atoms with Crippen LogP contribution in [0.3, 0.4) is 0 Å². The molecule has 32 heavy (non-hydrogen) atoms. The van der Waals surface area contributed by atoms with Crippen LogP contribution in [-0.4, -0.2) is 51.8 Å². The van der Waals surface area contributed by atoms with Gasteiger partial charge in [-0.25, -0.2) is 13.1 Å². The molecular weight excluding hydrogens is 464 g/mol. The summed E-state index contributed by atoms with van der Waals surface area (Å²) < 4.78 is 28.4. The molecule has 0 unspecified atom stereocenters. The van der Waals surface area contributed by atoms with Gasteiger partial charge in [-0.3, -0.25) is 9.47 Å². The van der Waals surface area contributed by atoms with Crippen LogP contribution >= 0.6 is 23.8 Å². The lowest BCUT2D eigenvalue weighted by atomic mass is 10.1. The molecular formula is C23H27ClN4O2S2. The van der Waals surface area contributed by atoms with Crippen molar-refractivity contribution in [1.82, 2.24) is 19.2 Å². The van der Waals surface area contributed by atoms with E-state index >= 15 is 0 Å². The minimum absolute atomic E-state index is 0.0264. The van der Waals surface area contributed by atoms with Gasteiger partial charge in [0.25, 0.3) is 0 Å². The Bertz CT molecular complexity index is 1310. The first-order valence-electron chi connectivity index (χ1n) is 10.7. The number of aromatic nitrogens is 3. The van der Waals surface area contributed by atoms with Crippen molar-refractivity contribution in [3.63, 3.8) is 0 Å². The zero-order valence-corrected chi connectivity index (χ0v) is 20.8. The summed E-state index contributed by atoms with van der Waals surface area (Å²) in [4.78, 5) is 2.14. The Morgan fingerprint density at radius 2 is 1.97 bits per heavy atom. The van der Waals surface area contributed by atoms with E-state index in [4.69, 9.17) is 28.9 Å². The molecule has 0 spiro atoms. The second kappa shape index (κ2) is 9.09. The van der Waals surface area contributed by atoms with E-state index in [0.717, 1.165) is 22.4 Å². The molecule has 0 amide bonds. The van der Waals surface area contributed by atoms with E-state index in [-0.39, 0.29) is 17.5 Å². The summed E-state index contributed by atoms with van der Waals surface area (Å²) in [5, 5.41) is 5.48. The van der Waals surface area contributed by atoms with Gasteiger partial charge in [0.05, 0.1) is 28.9 Å². The van der Waals surface area contributed by atoms with Crippen molar-refractivity contribution < 1.29 is 8.42 Å². The number of nitrogens with zero attached hydrogens (tertiary/aromatic N) is 4. The van der Waals surface area contributed by atoms with Crippen molar-refractivity contribution in [1.29, 1.82) is 0 Å². The highest BCUT2D eigenvalue weighted by molar-refractivity contribution is 7.91. The van der Waals surface area contributed by atoms with Crippen molar-refractivity contribution in [2.45, 2.75) is 39.9 Å². The second-order valence-electron chi connectivity index (χ2n) is 8.31. The minimum atomic E-state index is -2.98. The fourth-order valence-electron chi connectivity index (χ4n) is 4.20. The summed E-state index contributed by atoms with van der Waals surface area (Å²) in [5.74, 6) is 1.09. The average Bonchev–Trinajstić information content (AvgIpc) is 3.27. The van der Waals surface area contributed by atoms with E-state index in [9.17, 15) is 8.42 Å². The third-order valence-corrected chi connectivity index (χ3v) is 8.48. The van der Waals surface area contributed by atoms with Gasteiger partial charge in [-0.05, 0) is 68.4 Å². The summed E-state index contributed by atoms with van der Waals surface area (Å²) in [7, 11) is -2.98. The van der Waals surface area contributed by atoms with E-state index in [1.807, 2.05) is 49.6 Å². The third kappa shape index (κ3) is 4.55. The zero-order chi connectivity index (χ0) is 23.0. The van der Waals surface area contributed by atoms with Crippen LogP contribution in [0.5, 0.6) is 0 Å². The van der Waals surface area contributed by atoms with Crippen LogP contribution in [-0.2, 0) is 16.5 Å². The lowest BCUT2D eigenvalue weighted by molar-refractivity contribution is 0.164. The molecule has 0 saturated carbocycles. The predicted octanol–water partition coefficient (Wildman–Crippen LogP) is 4.81. The molecule has 1 aromatic heterocycles. The maximum atomic E-state index is 12.0. The van der Waals surface area contributed by atoms with Gasteiger partial charge in [-0.1, -0.05) is 42.8 Å². The highest BCUT2D eigenvalue weighted by Gasteiger charge is 2.32. The summed E-state index contributed by atoms with van der Waals surface area (Å²) in [6.45, 7) is 7.26. The van der Waals surface area contributed by atoms with Gasteiger partial charge < -0.3 is 0 Å². The number of hydrogen-bond acceptors (Lipinski definition) is 5. The number of rotatable bonds is 6. The lowest BCUT2D eigenvalue weighted by Crippen LogP contribution is -2.37. The van der Waals surface area contributed by atoms with Crippen LogP contribution in [0.1, 0.15) is 24.5 Å². The summed E-state index contributed by atoms with van der Waals surface area (Å²) in [6, 6.07) is 13.8. The average molecular weight is 491 g/mol. The molecule has 0 N–H and O–H groups in total. The first-order chi connectivity index (χ1) is 15.2. The Morgan fingerprint density at radius 1 is 1.22 bits per heavy atom. The summed E-state index contributed by atoms with van der Waals surface area (Å²) in [5.41, 5.74) is 3.96. The maximum Gasteiger partial charge on any atom is 0.204 e. The predicted molar refractivity (Wildman–Crippen MR) is 132 cm³/mol. The quantitative estimate of drug-likeness (QED) is 0.464. The molecule has 4 rings (SSSR count). The normalized spacial score (nSPS) is 17.8. The van der Waals surface area contributed by atoms with E-state index in [0.29, 0.717) is 35.3 Å². The highest BCUT2D eigenvalue weighted by atomic mass is 35.5. The Hall–Kier alpha value is -2.00. The van der Waals surface area contributed by atoms with Crippen molar-refractivity contribution in [2.24, 2.45) is 0 Å².